The summed E-state index contributed by atoms with van der Waals surface area (Å²) >= 11 is 0. The smallest absolute Gasteiger partial charge is 0.253 e. The van der Waals surface area contributed by atoms with E-state index in [1.807, 2.05) is 35.4 Å². The summed E-state index contributed by atoms with van der Waals surface area (Å²) in [6, 6.07) is 16.8. The number of carbonyl (C=O) groups is 1. The molecule has 1 amide bonds. The molecule has 1 aliphatic heterocycles. The van der Waals surface area contributed by atoms with Gasteiger partial charge in [0.05, 0.1) is 0 Å². The van der Waals surface area contributed by atoms with Gasteiger partial charge in [-0.3, -0.25) is 4.79 Å². The van der Waals surface area contributed by atoms with Crippen molar-refractivity contribution in [2.45, 2.75) is 26.2 Å². The first-order chi connectivity index (χ1) is 12.2. The summed E-state index contributed by atoms with van der Waals surface area (Å²) in [5, 5.41) is 1.15. The predicted molar refractivity (Wildman–Crippen MR) is 102 cm³/mol. The molecule has 1 atom stereocenters. The Morgan fingerprint density at radius 3 is 2.84 bits per heavy atom. The SMILES string of the molecule is Cc1ccc(CC2CCCN(C(=O)c3ccc4cc[nH]c4c3)C2)cc1. The van der Waals surface area contributed by atoms with Crippen LogP contribution >= 0.6 is 0 Å². The number of aryl methyl sites for hydroxylation is 1. The van der Waals surface area contributed by atoms with E-state index in [-0.39, 0.29) is 5.91 Å². The van der Waals surface area contributed by atoms with Crippen molar-refractivity contribution < 1.29 is 4.79 Å². The van der Waals surface area contributed by atoms with E-state index < -0.39 is 0 Å². The third kappa shape index (κ3) is 3.46. The molecule has 1 N–H and O–H groups in total. The highest BCUT2D eigenvalue weighted by Gasteiger charge is 2.24. The number of piperidine rings is 1. The van der Waals surface area contributed by atoms with Crippen LogP contribution in [0.25, 0.3) is 10.9 Å². The number of aromatic amines is 1. The van der Waals surface area contributed by atoms with E-state index in [0.29, 0.717) is 5.92 Å². The van der Waals surface area contributed by atoms with Crippen molar-refractivity contribution in [1.29, 1.82) is 0 Å². The maximum absolute atomic E-state index is 12.9. The number of hydrogen-bond acceptors (Lipinski definition) is 1. The molecular weight excluding hydrogens is 308 g/mol. The zero-order chi connectivity index (χ0) is 17.2. The van der Waals surface area contributed by atoms with Crippen molar-refractivity contribution >= 4 is 16.8 Å². The molecule has 4 rings (SSSR count). The van der Waals surface area contributed by atoms with E-state index >= 15 is 0 Å². The van der Waals surface area contributed by atoms with Crippen molar-refractivity contribution in [2.75, 3.05) is 13.1 Å². The lowest BCUT2D eigenvalue weighted by Crippen LogP contribution is -2.40. The molecule has 0 spiro atoms. The largest absolute Gasteiger partial charge is 0.361 e. The first-order valence-electron chi connectivity index (χ1n) is 9.11. The maximum atomic E-state index is 12.9. The molecule has 0 aliphatic carbocycles. The molecule has 1 aliphatic rings. The number of aromatic nitrogens is 1. The highest BCUT2D eigenvalue weighted by atomic mass is 16.2. The summed E-state index contributed by atoms with van der Waals surface area (Å²) in [5.41, 5.74) is 4.48. The molecule has 1 aromatic heterocycles. The van der Waals surface area contributed by atoms with E-state index in [2.05, 4.69) is 36.2 Å². The second kappa shape index (κ2) is 6.75. The number of hydrogen-bond donors (Lipinski definition) is 1. The van der Waals surface area contributed by atoms with Crippen LogP contribution < -0.4 is 0 Å². The summed E-state index contributed by atoms with van der Waals surface area (Å²) in [7, 11) is 0. The van der Waals surface area contributed by atoms with E-state index in [1.165, 1.54) is 17.5 Å². The van der Waals surface area contributed by atoms with Crippen LogP contribution in [-0.2, 0) is 6.42 Å². The number of carbonyl (C=O) groups excluding carboxylic acids is 1. The molecule has 0 bridgehead atoms. The molecule has 128 valence electrons. The average Bonchev–Trinajstić information content (AvgIpc) is 3.11. The number of fused-ring (bicyclic) bond motifs is 1. The van der Waals surface area contributed by atoms with E-state index in [0.717, 1.165) is 42.4 Å². The molecule has 1 saturated heterocycles. The lowest BCUT2D eigenvalue weighted by Gasteiger charge is -2.33. The van der Waals surface area contributed by atoms with Crippen LogP contribution in [0.2, 0.25) is 0 Å². The van der Waals surface area contributed by atoms with E-state index in [4.69, 9.17) is 0 Å². The summed E-state index contributed by atoms with van der Waals surface area (Å²) in [6.45, 7) is 3.84. The zero-order valence-electron chi connectivity index (χ0n) is 14.7. The van der Waals surface area contributed by atoms with Gasteiger partial charge in [0.1, 0.15) is 0 Å². The highest BCUT2D eigenvalue weighted by Crippen LogP contribution is 2.23. The lowest BCUT2D eigenvalue weighted by molar-refractivity contribution is 0.0673. The van der Waals surface area contributed by atoms with Gasteiger partial charge < -0.3 is 9.88 Å². The molecular formula is C22H24N2O. The Hall–Kier alpha value is -2.55. The second-order valence-electron chi connectivity index (χ2n) is 7.23. The van der Waals surface area contributed by atoms with Gasteiger partial charge in [0.2, 0.25) is 0 Å². The van der Waals surface area contributed by atoms with Gasteiger partial charge in [0, 0.05) is 30.4 Å². The van der Waals surface area contributed by atoms with Gasteiger partial charge in [-0.05, 0) is 61.3 Å². The highest BCUT2D eigenvalue weighted by molar-refractivity contribution is 5.98. The number of benzene rings is 2. The van der Waals surface area contributed by atoms with Gasteiger partial charge >= 0.3 is 0 Å². The summed E-state index contributed by atoms with van der Waals surface area (Å²) in [5.74, 6) is 0.708. The van der Waals surface area contributed by atoms with Crippen LogP contribution in [0.5, 0.6) is 0 Å². The molecule has 1 fully saturated rings. The van der Waals surface area contributed by atoms with Gasteiger partial charge in [-0.1, -0.05) is 35.9 Å². The minimum atomic E-state index is 0.158. The monoisotopic (exact) mass is 332 g/mol. The van der Waals surface area contributed by atoms with Gasteiger partial charge in [-0.2, -0.15) is 0 Å². The molecule has 3 heteroatoms. The fourth-order valence-corrected chi connectivity index (χ4v) is 3.84. The third-order valence-corrected chi connectivity index (χ3v) is 5.25. The molecule has 2 heterocycles. The Morgan fingerprint density at radius 2 is 2.00 bits per heavy atom. The molecule has 25 heavy (non-hydrogen) atoms. The van der Waals surface area contributed by atoms with Crippen molar-refractivity contribution in [1.82, 2.24) is 9.88 Å². The van der Waals surface area contributed by atoms with Crippen LogP contribution in [0.15, 0.2) is 54.7 Å². The van der Waals surface area contributed by atoms with Crippen LogP contribution in [0, 0.1) is 12.8 Å². The van der Waals surface area contributed by atoms with Crippen molar-refractivity contribution in [3.05, 3.63) is 71.4 Å². The van der Waals surface area contributed by atoms with Gasteiger partial charge in [-0.25, -0.2) is 0 Å². The second-order valence-corrected chi connectivity index (χ2v) is 7.23. The molecule has 0 radical (unpaired) electrons. The van der Waals surface area contributed by atoms with Crippen LogP contribution in [-0.4, -0.2) is 28.9 Å². The quantitative estimate of drug-likeness (QED) is 0.749. The zero-order valence-corrected chi connectivity index (χ0v) is 14.7. The Bertz CT molecular complexity index is 878. The Kier molecular flexibility index (Phi) is 4.31. The Labute approximate surface area is 148 Å². The lowest BCUT2D eigenvalue weighted by atomic mass is 9.90. The van der Waals surface area contributed by atoms with Crippen LogP contribution in [0.1, 0.15) is 34.3 Å². The minimum absolute atomic E-state index is 0.158. The topological polar surface area (TPSA) is 36.1 Å². The average molecular weight is 332 g/mol. The summed E-state index contributed by atoms with van der Waals surface area (Å²) in [6.07, 6.45) is 5.26. The van der Waals surface area contributed by atoms with Crippen molar-refractivity contribution in [3.63, 3.8) is 0 Å². The van der Waals surface area contributed by atoms with E-state index in [1.54, 1.807) is 0 Å². The van der Waals surface area contributed by atoms with Crippen molar-refractivity contribution in [3.8, 4) is 0 Å². The standard InChI is InChI=1S/C22H24N2O/c1-16-4-6-17(7-5-16)13-18-3-2-12-24(15-18)22(25)20-9-8-19-10-11-23-21(19)14-20/h4-11,14,18,23H,2-3,12-13,15H2,1H3. The van der Waals surface area contributed by atoms with E-state index in [9.17, 15) is 4.79 Å². The molecule has 2 aromatic carbocycles. The summed E-state index contributed by atoms with van der Waals surface area (Å²) in [4.78, 5) is 18.1. The van der Waals surface area contributed by atoms with Gasteiger partial charge in [0.15, 0.2) is 0 Å². The third-order valence-electron chi connectivity index (χ3n) is 5.25. The molecule has 0 saturated carbocycles. The Morgan fingerprint density at radius 1 is 1.16 bits per heavy atom. The van der Waals surface area contributed by atoms with Crippen LogP contribution in [0.3, 0.4) is 0 Å². The normalized spacial score (nSPS) is 17.8. The summed E-state index contributed by atoms with van der Waals surface area (Å²) < 4.78 is 0. The first-order valence-corrected chi connectivity index (χ1v) is 9.11. The number of H-pyrrole nitrogens is 1. The molecule has 3 aromatic rings. The first kappa shape index (κ1) is 15.9. The number of nitrogens with zero attached hydrogens (tertiary/aromatic N) is 1. The number of nitrogens with one attached hydrogen (secondary N) is 1. The number of likely N-dealkylation sites (tertiary alicyclic amines) is 1. The van der Waals surface area contributed by atoms with Crippen molar-refractivity contribution in [2.24, 2.45) is 5.92 Å². The maximum Gasteiger partial charge on any atom is 0.253 e. The van der Waals surface area contributed by atoms with Crippen LogP contribution in [0.4, 0.5) is 0 Å². The number of rotatable bonds is 3. The minimum Gasteiger partial charge on any atom is -0.361 e. The number of amides is 1. The van der Waals surface area contributed by atoms with Gasteiger partial charge in [0.25, 0.3) is 5.91 Å². The predicted octanol–water partition coefficient (Wildman–Crippen LogP) is 4.57. The molecule has 3 nitrogen and oxygen atoms in total. The fourth-order valence-electron chi connectivity index (χ4n) is 3.84. The fraction of sp³-hybridized carbons (Fsp3) is 0.318. The van der Waals surface area contributed by atoms with Gasteiger partial charge in [-0.15, -0.1) is 0 Å². The Balaban J connectivity index is 1.46. The molecule has 1 unspecified atom stereocenters.